The Morgan fingerprint density at radius 3 is 2.48 bits per heavy atom. The van der Waals surface area contributed by atoms with Crippen molar-refractivity contribution >= 4 is 34.0 Å². The summed E-state index contributed by atoms with van der Waals surface area (Å²) in [6.07, 6.45) is 5.30. The molecule has 0 N–H and O–H groups in total. The van der Waals surface area contributed by atoms with E-state index in [1.165, 1.54) is 29.9 Å². The van der Waals surface area contributed by atoms with E-state index in [4.69, 9.17) is 6.42 Å². The maximum Gasteiger partial charge on any atom is 0.0609 e. The lowest BCUT2D eigenvalue weighted by Crippen LogP contribution is -1.79. The Bertz CT molecular complexity index is 871. The van der Waals surface area contributed by atoms with Gasteiger partial charge in [0.2, 0.25) is 0 Å². The first-order valence-corrected chi connectivity index (χ1v) is 8.92. The predicted molar refractivity (Wildman–Crippen MR) is 96.1 cm³/mol. The van der Waals surface area contributed by atoms with Gasteiger partial charge in [0.25, 0.3) is 0 Å². The predicted octanol–water partition coefficient (Wildman–Crippen LogP) is 5.81. The molecule has 0 unspecified atom stereocenters. The maximum absolute atomic E-state index is 5.30. The van der Waals surface area contributed by atoms with Crippen LogP contribution in [0.5, 0.6) is 0 Å². The number of thiophene rings is 3. The van der Waals surface area contributed by atoms with E-state index in [1.54, 1.807) is 11.3 Å². The molecular formula is C18H12S3. The lowest BCUT2D eigenvalue weighted by Gasteiger charge is -1.95. The highest BCUT2D eigenvalue weighted by Gasteiger charge is 2.17. The average Bonchev–Trinajstić information content (AvgIpc) is 3.17. The number of hydrogen-bond acceptors (Lipinski definition) is 3. The van der Waals surface area contributed by atoms with Crippen LogP contribution in [0.1, 0.15) is 16.0 Å². The summed E-state index contributed by atoms with van der Waals surface area (Å²) in [6.45, 7) is 4.27. The summed E-state index contributed by atoms with van der Waals surface area (Å²) in [4.78, 5) is 6.42. The van der Waals surface area contributed by atoms with Gasteiger partial charge in [-0.15, -0.1) is 40.4 Å². The summed E-state index contributed by atoms with van der Waals surface area (Å²) in [6, 6.07) is 8.56. The minimum absolute atomic E-state index is 1.07. The topological polar surface area (TPSA) is 0 Å². The first kappa shape index (κ1) is 14.2. The Morgan fingerprint density at radius 1 is 1.00 bits per heavy atom. The molecule has 0 spiro atoms. The third kappa shape index (κ3) is 2.69. The highest BCUT2D eigenvalue weighted by Crippen LogP contribution is 2.44. The average molecular weight is 324 g/mol. The molecule has 21 heavy (non-hydrogen) atoms. The van der Waals surface area contributed by atoms with Gasteiger partial charge in [-0.1, -0.05) is 12.0 Å². The van der Waals surface area contributed by atoms with Crippen molar-refractivity contribution in [2.45, 2.75) is 13.8 Å². The number of terminal acetylenes is 1. The van der Waals surface area contributed by atoms with Crippen molar-refractivity contribution in [3.05, 3.63) is 45.6 Å². The fourth-order valence-corrected chi connectivity index (χ4v) is 5.29. The Hall–Kier alpha value is -1.78. The van der Waals surface area contributed by atoms with Crippen molar-refractivity contribution in [3.8, 4) is 43.7 Å². The van der Waals surface area contributed by atoms with Gasteiger partial charge in [-0.2, -0.15) is 0 Å². The van der Waals surface area contributed by atoms with Gasteiger partial charge in [0.05, 0.1) is 4.88 Å². The lowest BCUT2D eigenvalue weighted by atomic mass is 10.1. The standard InChI is InChI=1S/C18H12S3/c1-4-5-7-14-13(3)17(16-10-9-12(2)20-16)21-18(14)15-8-6-11-19-15/h1,6,8-11H,2-3H3. The summed E-state index contributed by atoms with van der Waals surface area (Å²) in [5.74, 6) is 8.34. The SMILES string of the molecule is C#CC#Cc1c(-c2cccs2)sc(-c2ccc(C)s2)c1C. The van der Waals surface area contributed by atoms with E-state index >= 15 is 0 Å². The largest absolute Gasteiger partial charge is 0.143 e. The van der Waals surface area contributed by atoms with Gasteiger partial charge in [-0.25, -0.2) is 0 Å². The highest BCUT2D eigenvalue weighted by molar-refractivity contribution is 7.26. The molecule has 0 radical (unpaired) electrons. The van der Waals surface area contributed by atoms with Crippen LogP contribution in [-0.4, -0.2) is 0 Å². The van der Waals surface area contributed by atoms with E-state index < -0.39 is 0 Å². The number of hydrogen-bond donors (Lipinski definition) is 0. The third-order valence-electron chi connectivity index (χ3n) is 3.12. The fourth-order valence-electron chi connectivity index (χ4n) is 2.14. The van der Waals surface area contributed by atoms with Gasteiger partial charge in [0, 0.05) is 25.1 Å². The van der Waals surface area contributed by atoms with Crippen molar-refractivity contribution in [2.24, 2.45) is 0 Å². The summed E-state index contributed by atoms with van der Waals surface area (Å²) >= 11 is 5.37. The zero-order chi connectivity index (χ0) is 14.8. The van der Waals surface area contributed by atoms with Gasteiger partial charge in [-0.3, -0.25) is 0 Å². The van der Waals surface area contributed by atoms with Crippen LogP contribution in [0, 0.1) is 38.0 Å². The first-order valence-electron chi connectivity index (χ1n) is 6.41. The molecular weight excluding hydrogens is 312 g/mol. The van der Waals surface area contributed by atoms with Crippen LogP contribution < -0.4 is 0 Å². The Morgan fingerprint density at radius 2 is 1.86 bits per heavy atom. The molecule has 0 aliphatic carbocycles. The smallest absolute Gasteiger partial charge is 0.0609 e. The molecule has 3 heteroatoms. The van der Waals surface area contributed by atoms with E-state index in [0.717, 1.165) is 5.56 Å². The molecule has 0 aromatic carbocycles. The highest BCUT2D eigenvalue weighted by atomic mass is 32.1. The van der Waals surface area contributed by atoms with Crippen molar-refractivity contribution in [2.75, 3.05) is 0 Å². The summed E-state index contributed by atoms with van der Waals surface area (Å²) in [7, 11) is 0. The molecule has 0 atom stereocenters. The molecule has 3 heterocycles. The zero-order valence-electron chi connectivity index (χ0n) is 11.7. The third-order valence-corrected chi connectivity index (χ3v) is 6.64. The van der Waals surface area contributed by atoms with Crippen LogP contribution >= 0.6 is 34.0 Å². The van der Waals surface area contributed by atoms with Crippen molar-refractivity contribution in [1.29, 1.82) is 0 Å². The van der Waals surface area contributed by atoms with Crippen LogP contribution in [0.4, 0.5) is 0 Å². The minimum Gasteiger partial charge on any atom is -0.143 e. The minimum atomic E-state index is 1.07. The lowest BCUT2D eigenvalue weighted by molar-refractivity contribution is 1.52. The maximum atomic E-state index is 5.30. The van der Waals surface area contributed by atoms with Crippen molar-refractivity contribution < 1.29 is 0 Å². The van der Waals surface area contributed by atoms with E-state index in [0.29, 0.717) is 0 Å². The van der Waals surface area contributed by atoms with Crippen molar-refractivity contribution in [3.63, 3.8) is 0 Å². The molecule has 0 saturated heterocycles. The van der Waals surface area contributed by atoms with Crippen LogP contribution in [0.25, 0.3) is 19.5 Å². The van der Waals surface area contributed by atoms with E-state index in [9.17, 15) is 0 Å². The molecule has 0 bridgehead atoms. The van der Waals surface area contributed by atoms with Crippen LogP contribution in [0.3, 0.4) is 0 Å². The molecule has 0 aliphatic heterocycles. The van der Waals surface area contributed by atoms with Gasteiger partial charge in [0.15, 0.2) is 0 Å². The van der Waals surface area contributed by atoms with Crippen LogP contribution in [-0.2, 0) is 0 Å². The second kappa shape index (κ2) is 5.92. The summed E-state index contributed by atoms with van der Waals surface area (Å²) < 4.78 is 0. The van der Waals surface area contributed by atoms with Gasteiger partial charge >= 0.3 is 0 Å². The van der Waals surface area contributed by atoms with Gasteiger partial charge in [0.1, 0.15) is 0 Å². The molecule has 3 aromatic heterocycles. The van der Waals surface area contributed by atoms with E-state index in [1.807, 2.05) is 22.7 Å². The quantitative estimate of drug-likeness (QED) is 0.522. The second-order valence-electron chi connectivity index (χ2n) is 4.54. The zero-order valence-corrected chi connectivity index (χ0v) is 14.1. The summed E-state index contributed by atoms with van der Waals surface area (Å²) in [5.41, 5.74) is 2.30. The molecule has 102 valence electrons. The first-order chi connectivity index (χ1) is 10.2. The Labute approximate surface area is 137 Å². The molecule has 0 saturated carbocycles. The summed E-state index contributed by atoms with van der Waals surface area (Å²) in [5, 5.41) is 2.09. The Balaban J connectivity index is 2.23. The fraction of sp³-hybridized carbons (Fsp3) is 0.111. The normalized spacial score (nSPS) is 9.95. The van der Waals surface area contributed by atoms with Crippen LogP contribution in [0.2, 0.25) is 0 Å². The monoisotopic (exact) mass is 324 g/mol. The molecule has 0 aliphatic rings. The number of aryl methyl sites for hydroxylation is 1. The molecule has 0 amide bonds. The van der Waals surface area contributed by atoms with E-state index in [2.05, 4.69) is 61.3 Å². The van der Waals surface area contributed by atoms with E-state index in [-0.39, 0.29) is 0 Å². The molecule has 0 nitrogen and oxygen atoms in total. The van der Waals surface area contributed by atoms with Gasteiger partial charge in [-0.05, 0) is 54.8 Å². The molecule has 3 rings (SSSR count). The Kier molecular flexibility index (Phi) is 3.99. The van der Waals surface area contributed by atoms with Gasteiger partial charge < -0.3 is 0 Å². The van der Waals surface area contributed by atoms with Crippen molar-refractivity contribution in [1.82, 2.24) is 0 Å². The van der Waals surface area contributed by atoms with Crippen LogP contribution in [0.15, 0.2) is 29.6 Å². The second-order valence-corrected chi connectivity index (χ2v) is 7.80. The number of rotatable bonds is 2. The molecule has 3 aromatic rings. The molecule has 0 fully saturated rings.